The van der Waals surface area contributed by atoms with E-state index in [2.05, 4.69) is 10.9 Å². The first kappa shape index (κ1) is 34.5. The maximum atomic E-state index is 12.1. The van der Waals surface area contributed by atoms with Crippen LogP contribution in [0.1, 0.15) is 5.56 Å². The molecule has 2 aliphatic rings. The molecular weight excluding hydrogens is 803 g/mol. The van der Waals surface area contributed by atoms with E-state index < -0.39 is 0 Å². The van der Waals surface area contributed by atoms with Crippen molar-refractivity contribution in [2.75, 3.05) is 0 Å². The Balaban J connectivity index is 1.10. The number of thioether (sulfide) groups is 4. The van der Waals surface area contributed by atoms with Gasteiger partial charge in [-0.3, -0.25) is 0 Å². The first-order valence-corrected chi connectivity index (χ1v) is 21.0. The van der Waals surface area contributed by atoms with Gasteiger partial charge in [0.1, 0.15) is 33.9 Å². The van der Waals surface area contributed by atoms with Crippen molar-refractivity contribution < 1.29 is 14.8 Å². The minimum absolute atomic E-state index is 0.0268. The molecule has 0 amide bonds. The minimum Gasteiger partial charge on any atom is -0.505 e. The van der Waals surface area contributed by atoms with Crippen molar-refractivity contribution in [3.8, 4) is 57.2 Å². The molecule has 4 aromatic heterocycles. The van der Waals surface area contributed by atoms with Gasteiger partial charge in [0.2, 0.25) is 11.3 Å². The molecule has 0 saturated carbocycles. The number of aromatic nitrogens is 7. The summed E-state index contributed by atoms with van der Waals surface area (Å²) in [6.45, 7) is 8.25. The van der Waals surface area contributed by atoms with Crippen molar-refractivity contribution >= 4 is 72.6 Å². The largest absolute Gasteiger partial charge is 0.505 e. The summed E-state index contributed by atoms with van der Waals surface area (Å²) in [5.74, 6) is 1.31. The predicted octanol–water partition coefficient (Wildman–Crippen LogP) is 8.25. The number of phenolic OH excluding ortho intramolecular Hbond substituents is 2. The van der Waals surface area contributed by atoms with E-state index in [1.54, 1.807) is 9.03 Å². The topological polar surface area (TPSA) is 133 Å². The van der Waals surface area contributed by atoms with Crippen LogP contribution in [0.15, 0.2) is 141 Å². The predicted molar refractivity (Wildman–Crippen MR) is 225 cm³/mol. The van der Waals surface area contributed by atoms with Crippen LogP contribution in [0.25, 0.3) is 64.2 Å². The summed E-state index contributed by atoms with van der Waals surface area (Å²) in [5.41, 5.74) is 5.67. The molecule has 58 heavy (non-hydrogen) atoms. The highest BCUT2D eigenvalue weighted by Gasteiger charge is 2.40. The Labute approximate surface area is 345 Å². The molecule has 274 valence electrons. The van der Waals surface area contributed by atoms with E-state index in [1.165, 1.54) is 47.0 Å². The number of nitrogens with zero attached hydrogens (tertiary/aromatic N) is 9. The Morgan fingerprint density at radius 3 is 1.59 bits per heavy atom. The highest BCUT2D eigenvalue weighted by molar-refractivity contribution is 8.33. The van der Waals surface area contributed by atoms with E-state index >= 15 is 0 Å². The minimum atomic E-state index is 0.0268. The molecule has 0 spiro atoms. The zero-order valence-corrected chi connectivity index (χ0v) is 32.9. The molecular formula is C43H22N9O2S4+. The molecule has 11 nitrogen and oxygen atoms in total. The van der Waals surface area contributed by atoms with Crippen LogP contribution < -0.4 is 15.4 Å². The summed E-state index contributed by atoms with van der Waals surface area (Å²) in [6, 6.07) is 40.8. The van der Waals surface area contributed by atoms with Gasteiger partial charge in [0.05, 0.1) is 29.2 Å². The van der Waals surface area contributed by atoms with E-state index in [0.29, 0.717) is 68.7 Å². The third-order valence-electron chi connectivity index (χ3n) is 9.75. The van der Waals surface area contributed by atoms with Crippen molar-refractivity contribution in [1.82, 2.24) is 29.2 Å². The second kappa shape index (κ2) is 13.4. The molecule has 9 aromatic rings. The van der Waals surface area contributed by atoms with Crippen LogP contribution in [0.2, 0.25) is 0 Å². The number of imidazole rings is 1. The Kier molecular flexibility index (Phi) is 7.99. The number of aromatic hydroxyl groups is 2. The van der Waals surface area contributed by atoms with Gasteiger partial charge in [0.15, 0.2) is 17.3 Å². The van der Waals surface area contributed by atoms with Crippen molar-refractivity contribution in [3.63, 3.8) is 0 Å². The molecule has 0 bridgehead atoms. The fraction of sp³-hybridized carbons (Fsp3) is 0. The summed E-state index contributed by atoms with van der Waals surface area (Å²) in [7, 11) is 0. The lowest BCUT2D eigenvalue weighted by Gasteiger charge is -2.08. The number of phenols is 2. The van der Waals surface area contributed by atoms with Gasteiger partial charge in [-0.1, -0.05) is 156 Å². The average Bonchev–Trinajstić information content (AvgIpc) is 4.13. The van der Waals surface area contributed by atoms with Crippen molar-refractivity contribution in [3.05, 3.63) is 149 Å². The fourth-order valence-electron chi connectivity index (χ4n) is 7.18. The Morgan fingerprint density at radius 1 is 0.603 bits per heavy atom. The number of hydrogen-bond donors (Lipinski definition) is 2. The fourth-order valence-corrected chi connectivity index (χ4v) is 12.5. The summed E-state index contributed by atoms with van der Waals surface area (Å²) in [5, 5.41) is 45.3. The molecule has 6 heterocycles. The van der Waals surface area contributed by atoms with Gasteiger partial charge < -0.3 is 10.2 Å². The lowest BCUT2D eigenvalue weighted by molar-refractivity contribution is -0.593. The van der Waals surface area contributed by atoms with Gasteiger partial charge in [-0.15, -0.1) is 14.8 Å². The zero-order valence-electron chi connectivity index (χ0n) is 29.6. The summed E-state index contributed by atoms with van der Waals surface area (Å²) in [4.78, 5) is 15.6. The standard InChI is InChI=1S/C43H21N9O2S4/c1-45-39-40-47-37(25-18-10-4-11-19-25)49-52(40)41(50(39)26-20-12-5-13-21-26)43-57-34-30(53)32-33(31(54)35(34)58-43)56-42(55-32)29-28(23-14-6-2-7-15-23)27(22-44)38-46-36(48-51(29)38)24-16-8-3-9-17-24/h2-21H,(H,47,49)/p+1. The van der Waals surface area contributed by atoms with Crippen molar-refractivity contribution in [1.29, 1.82) is 5.26 Å². The van der Waals surface area contributed by atoms with E-state index in [9.17, 15) is 15.5 Å². The van der Waals surface area contributed by atoms with Crippen LogP contribution in [0.4, 0.5) is 5.82 Å². The summed E-state index contributed by atoms with van der Waals surface area (Å²) in [6.07, 6.45) is 0. The van der Waals surface area contributed by atoms with Gasteiger partial charge in [0.25, 0.3) is 0 Å². The molecule has 0 atom stereocenters. The Bertz CT molecular complexity index is 3110. The number of para-hydroxylation sites is 1. The van der Waals surface area contributed by atoms with Gasteiger partial charge in [-0.05, 0) is 5.56 Å². The van der Waals surface area contributed by atoms with Gasteiger partial charge >= 0.3 is 11.3 Å². The molecule has 0 saturated heterocycles. The third kappa shape index (κ3) is 5.15. The van der Waals surface area contributed by atoms with Crippen molar-refractivity contribution in [2.24, 2.45) is 0 Å². The second-order valence-corrected chi connectivity index (χ2v) is 17.7. The first-order chi connectivity index (χ1) is 28.5. The van der Waals surface area contributed by atoms with E-state index in [0.717, 1.165) is 26.6 Å². The maximum Gasteiger partial charge on any atom is 0.471 e. The van der Waals surface area contributed by atoms with E-state index in [-0.39, 0.29) is 17.3 Å². The smallest absolute Gasteiger partial charge is 0.471 e. The highest BCUT2D eigenvalue weighted by Crippen LogP contribution is 2.67. The SMILES string of the molecule is [C-]#[N+]c1c2nc(-c3ccccc3)nn2c(=C2Sc3c(O)c4c(c(O)c3S2)SC(=c2c(-c3ccccc3)c(C#N)c3nc(-c5ccccc5)nn23)S4)[n+]1-c1ccccc1. The summed E-state index contributed by atoms with van der Waals surface area (Å²) >= 11 is 5.27. The van der Waals surface area contributed by atoms with E-state index in [4.69, 9.17) is 26.7 Å². The van der Waals surface area contributed by atoms with Crippen LogP contribution in [0, 0.1) is 17.9 Å². The lowest BCUT2D eigenvalue weighted by Crippen LogP contribution is -2.48. The summed E-state index contributed by atoms with van der Waals surface area (Å²) < 4.78 is 6.66. The monoisotopic (exact) mass is 824 g/mol. The molecule has 0 unspecified atom stereocenters. The van der Waals surface area contributed by atoms with Crippen LogP contribution >= 0.6 is 47.0 Å². The van der Waals surface area contributed by atoms with Gasteiger partial charge in [-0.25, -0.2) is 14.5 Å². The first-order valence-electron chi connectivity index (χ1n) is 17.7. The average molecular weight is 825 g/mol. The second-order valence-electron chi connectivity index (χ2n) is 13.1. The maximum absolute atomic E-state index is 12.1. The van der Waals surface area contributed by atoms with Gasteiger partial charge in [0, 0.05) is 28.8 Å². The quantitative estimate of drug-likeness (QED) is 0.101. The number of benzene rings is 5. The number of rotatable bonds is 4. The molecule has 11 rings (SSSR count). The lowest BCUT2D eigenvalue weighted by atomic mass is 10.0. The van der Waals surface area contributed by atoms with Crippen LogP contribution in [-0.4, -0.2) is 39.4 Å². The molecule has 2 N–H and O–H groups in total. The van der Waals surface area contributed by atoms with E-state index in [1.807, 2.05) is 126 Å². The highest BCUT2D eigenvalue weighted by atomic mass is 32.2. The molecule has 2 aliphatic heterocycles. The number of fused-ring (bicyclic) bond motifs is 4. The molecule has 0 fully saturated rings. The molecule has 15 heteroatoms. The van der Waals surface area contributed by atoms with Crippen molar-refractivity contribution in [2.45, 2.75) is 19.6 Å². The van der Waals surface area contributed by atoms with Gasteiger partial charge in [-0.2, -0.15) is 14.6 Å². The molecule has 0 aliphatic carbocycles. The van der Waals surface area contributed by atoms with Crippen LogP contribution in [0.5, 0.6) is 11.5 Å². The normalized spacial score (nSPS) is 13.3. The van der Waals surface area contributed by atoms with Crippen LogP contribution in [0.3, 0.4) is 0 Å². The Hall–Kier alpha value is -6.75. The third-order valence-corrected chi connectivity index (χ3v) is 14.9. The number of hydrogen-bond acceptors (Lipinski definition) is 11. The Morgan fingerprint density at radius 2 is 1.07 bits per heavy atom. The van der Waals surface area contributed by atoms with Crippen LogP contribution in [-0.2, 0) is 0 Å². The zero-order chi connectivity index (χ0) is 39.1. The molecule has 5 aromatic carbocycles. The molecule has 0 radical (unpaired) electrons. The number of nitriles is 1.